The van der Waals surface area contributed by atoms with Crippen molar-refractivity contribution < 1.29 is 0 Å². The molecule has 1 nitrogen and oxygen atoms in total. The van der Waals surface area contributed by atoms with Crippen molar-refractivity contribution in [1.29, 1.82) is 5.26 Å². The predicted molar refractivity (Wildman–Crippen MR) is 149 cm³/mol. The Hall–Kier alpha value is -3.63. The van der Waals surface area contributed by atoms with Gasteiger partial charge in [0.1, 0.15) is 0 Å². The van der Waals surface area contributed by atoms with Crippen LogP contribution in [0.15, 0.2) is 112 Å². The lowest BCUT2D eigenvalue weighted by Crippen LogP contribution is -2.26. The molecule has 1 heteroatoms. The van der Waals surface area contributed by atoms with Gasteiger partial charge in [0.2, 0.25) is 0 Å². The van der Waals surface area contributed by atoms with Crippen LogP contribution < -0.4 is 0 Å². The van der Waals surface area contributed by atoms with Gasteiger partial charge in [0.15, 0.2) is 0 Å². The van der Waals surface area contributed by atoms with Crippen molar-refractivity contribution in [2.75, 3.05) is 0 Å². The number of nitriles is 1. The van der Waals surface area contributed by atoms with Crippen LogP contribution in [0.4, 0.5) is 0 Å². The van der Waals surface area contributed by atoms with Gasteiger partial charge in [-0.1, -0.05) is 72.9 Å². The fourth-order valence-corrected chi connectivity index (χ4v) is 7.10. The molecular weight excluding hydrogens is 434 g/mol. The Kier molecular flexibility index (Phi) is 5.28. The quantitative estimate of drug-likeness (QED) is 0.428. The summed E-state index contributed by atoms with van der Waals surface area (Å²) in [6.45, 7) is 0. The van der Waals surface area contributed by atoms with Crippen LogP contribution >= 0.6 is 0 Å². The van der Waals surface area contributed by atoms with E-state index in [1.54, 1.807) is 22.3 Å². The van der Waals surface area contributed by atoms with E-state index >= 15 is 0 Å². The first-order valence-electron chi connectivity index (χ1n) is 13.6. The lowest BCUT2D eigenvalue weighted by molar-refractivity contribution is 0.581. The summed E-state index contributed by atoms with van der Waals surface area (Å²) in [5, 5.41) is 9.31. The normalized spacial score (nSPS) is 26.1. The summed E-state index contributed by atoms with van der Waals surface area (Å²) < 4.78 is 0. The molecule has 1 aromatic rings. The first-order chi connectivity index (χ1) is 17.8. The number of hydrogen-bond acceptors (Lipinski definition) is 1. The van der Waals surface area contributed by atoms with E-state index in [-0.39, 0.29) is 0 Å². The zero-order valence-electron chi connectivity index (χ0n) is 20.8. The van der Waals surface area contributed by atoms with E-state index in [9.17, 15) is 5.26 Å². The summed E-state index contributed by atoms with van der Waals surface area (Å²) >= 11 is 0. The molecule has 7 rings (SSSR count). The summed E-state index contributed by atoms with van der Waals surface area (Å²) in [5.74, 6) is 0.967. The topological polar surface area (TPSA) is 23.8 Å². The van der Waals surface area contributed by atoms with E-state index in [1.807, 2.05) is 0 Å². The summed E-state index contributed by atoms with van der Waals surface area (Å²) in [7, 11) is 0. The minimum absolute atomic E-state index is 0.473. The van der Waals surface area contributed by atoms with Crippen LogP contribution in [0.5, 0.6) is 0 Å². The van der Waals surface area contributed by atoms with Gasteiger partial charge in [-0.05, 0) is 113 Å². The average molecular weight is 466 g/mol. The smallest absolute Gasteiger partial charge is 0.0988 e. The minimum atomic E-state index is 0.473. The summed E-state index contributed by atoms with van der Waals surface area (Å²) in [5.41, 5.74) is 15.7. The van der Waals surface area contributed by atoms with Gasteiger partial charge in [-0.15, -0.1) is 0 Å². The van der Waals surface area contributed by atoms with Gasteiger partial charge < -0.3 is 0 Å². The standard InChI is InChI=1S/C35H31N/c36-22-23-6-5-7-24(18-23)25-12-13-27-20-28(15-14-26(27)19-25)29-16-17-34-32-10-2-1-8-30(32)31-9-3-4-11-33(31)35(34)21-29/h1,3-4,6,8-9,11,14-15,18-21,31,33H,2,5,7,10,12-13,16-17H2. The number of allylic oxidation sites excluding steroid dienone is 17. The van der Waals surface area contributed by atoms with E-state index in [0.717, 1.165) is 37.7 Å². The zero-order chi connectivity index (χ0) is 24.1. The molecule has 0 spiro atoms. The molecule has 0 bridgehead atoms. The van der Waals surface area contributed by atoms with Crippen molar-refractivity contribution in [3.05, 3.63) is 129 Å². The number of nitrogens with zero attached hydrogens (tertiary/aromatic N) is 1. The van der Waals surface area contributed by atoms with E-state index in [2.05, 4.69) is 85.0 Å². The van der Waals surface area contributed by atoms with Crippen LogP contribution in [0, 0.1) is 23.2 Å². The molecule has 2 unspecified atom stereocenters. The van der Waals surface area contributed by atoms with Crippen molar-refractivity contribution in [1.82, 2.24) is 0 Å². The summed E-state index contributed by atoms with van der Waals surface area (Å²) in [6.07, 6.45) is 32.0. The van der Waals surface area contributed by atoms with Crippen molar-refractivity contribution in [3.63, 3.8) is 0 Å². The fourth-order valence-electron chi connectivity index (χ4n) is 7.10. The fraction of sp³-hybridized carbons (Fsp3) is 0.286. The summed E-state index contributed by atoms with van der Waals surface area (Å²) in [4.78, 5) is 0. The number of hydrogen-bond donors (Lipinski definition) is 0. The van der Waals surface area contributed by atoms with Crippen LogP contribution in [0.3, 0.4) is 0 Å². The Morgan fingerprint density at radius 2 is 1.53 bits per heavy atom. The molecule has 0 saturated heterocycles. The first-order valence-corrected chi connectivity index (χ1v) is 13.6. The van der Waals surface area contributed by atoms with Crippen LogP contribution in [0.25, 0.3) is 11.6 Å². The third kappa shape index (κ3) is 3.59. The molecule has 0 aliphatic heterocycles. The molecule has 6 aliphatic carbocycles. The molecule has 0 amide bonds. The van der Waals surface area contributed by atoms with Gasteiger partial charge in [0.05, 0.1) is 6.07 Å². The summed E-state index contributed by atoms with van der Waals surface area (Å²) in [6, 6.07) is 9.46. The molecule has 176 valence electrons. The van der Waals surface area contributed by atoms with Gasteiger partial charge >= 0.3 is 0 Å². The molecular formula is C35H31N. The highest BCUT2D eigenvalue weighted by Crippen LogP contribution is 2.50. The lowest BCUT2D eigenvalue weighted by atomic mass is 9.65. The maximum atomic E-state index is 9.31. The van der Waals surface area contributed by atoms with Gasteiger partial charge in [-0.25, -0.2) is 0 Å². The highest BCUT2D eigenvalue weighted by atomic mass is 14.4. The number of rotatable bonds is 2. The minimum Gasteiger partial charge on any atom is -0.192 e. The van der Waals surface area contributed by atoms with Crippen molar-refractivity contribution in [2.45, 2.75) is 51.4 Å². The number of fused-ring (bicyclic) bond motifs is 5. The molecule has 0 N–H and O–H groups in total. The maximum absolute atomic E-state index is 9.31. The van der Waals surface area contributed by atoms with Gasteiger partial charge in [-0.2, -0.15) is 5.26 Å². The van der Waals surface area contributed by atoms with Crippen molar-refractivity contribution in [2.24, 2.45) is 11.8 Å². The Bertz CT molecular complexity index is 1480. The molecule has 0 radical (unpaired) electrons. The molecule has 0 fully saturated rings. The van der Waals surface area contributed by atoms with Crippen molar-refractivity contribution >= 4 is 11.6 Å². The van der Waals surface area contributed by atoms with E-state index in [4.69, 9.17) is 0 Å². The van der Waals surface area contributed by atoms with Gasteiger partial charge in [0.25, 0.3) is 0 Å². The highest BCUT2D eigenvalue weighted by molar-refractivity contribution is 5.76. The molecule has 36 heavy (non-hydrogen) atoms. The highest BCUT2D eigenvalue weighted by Gasteiger charge is 2.35. The van der Waals surface area contributed by atoms with Crippen molar-refractivity contribution in [3.8, 4) is 6.07 Å². The van der Waals surface area contributed by atoms with E-state index in [0.29, 0.717) is 11.8 Å². The van der Waals surface area contributed by atoms with E-state index < -0.39 is 0 Å². The molecule has 0 saturated carbocycles. The Balaban J connectivity index is 1.23. The third-order valence-electron chi connectivity index (χ3n) is 8.90. The molecule has 6 aliphatic rings. The van der Waals surface area contributed by atoms with Gasteiger partial charge in [-0.3, -0.25) is 0 Å². The second kappa shape index (κ2) is 8.79. The second-order valence-corrected chi connectivity index (χ2v) is 10.9. The second-order valence-electron chi connectivity index (χ2n) is 10.9. The van der Waals surface area contributed by atoms with Crippen LogP contribution in [0.2, 0.25) is 0 Å². The number of aryl methyl sites for hydroxylation is 1. The zero-order valence-corrected chi connectivity index (χ0v) is 20.8. The van der Waals surface area contributed by atoms with Crippen LogP contribution in [0.1, 0.15) is 61.6 Å². The first kappa shape index (κ1) is 21.6. The monoisotopic (exact) mass is 465 g/mol. The third-order valence-corrected chi connectivity index (χ3v) is 8.90. The molecule has 1 aromatic carbocycles. The van der Waals surface area contributed by atoms with Crippen LogP contribution in [-0.4, -0.2) is 0 Å². The number of benzene rings is 1. The molecule has 0 heterocycles. The Morgan fingerprint density at radius 1 is 0.722 bits per heavy atom. The average Bonchev–Trinajstić information content (AvgIpc) is 2.96. The molecule has 2 atom stereocenters. The lowest BCUT2D eigenvalue weighted by Gasteiger charge is -2.39. The Morgan fingerprint density at radius 3 is 2.42 bits per heavy atom. The van der Waals surface area contributed by atoms with E-state index in [1.165, 1.54) is 52.7 Å². The Labute approximate surface area is 214 Å². The molecule has 0 aromatic heterocycles. The maximum Gasteiger partial charge on any atom is 0.0988 e. The largest absolute Gasteiger partial charge is 0.192 e. The SMILES string of the molecule is N#CC1=CCCC(C2=Cc3ccc(C4=CC5=C(CC4)C4=C(C=CCC4)C4C=CC=CC54)cc3CC2)=C1. The predicted octanol–water partition coefficient (Wildman–Crippen LogP) is 8.68. The van der Waals surface area contributed by atoms with Crippen LogP contribution in [-0.2, 0) is 6.42 Å². The van der Waals surface area contributed by atoms with Gasteiger partial charge in [0, 0.05) is 17.4 Å².